The van der Waals surface area contributed by atoms with Gasteiger partial charge in [-0.05, 0) is 60.6 Å². The zero-order chi connectivity index (χ0) is 28.6. The van der Waals surface area contributed by atoms with Crippen molar-refractivity contribution < 1.29 is 23.9 Å². The Kier molecular flexibility index (Phi) is 10.6. The summed E-state index contributed by atoms with van der Waals surface area (Å²) < 4.78 is 4.81. The third-order valence-corrected chi connectivity index (χ3v) is 7.90. The van der Waals surface area contributed by atoms with Crippen molar-refractivity contribution >= 4 is 29.4 Å². The fourth-order valence-electron chi connectivity index (χ4n) is 6.41. The second-order valence-electron chi connectivity index (χ2n) is 13.0. The average Bonchev–Trinajstić information content (AvgIpc) is 3.53. The molecule has 0 aliphatic heterocycles. The number of rotatable bonds is 12. The van der Waals surface area contributed by atoms with Crippen molar-refractivity contribution in [2.45, 2.75) is 116 Å². The van der Waals surface area contributed by atoms with Gasteiger partial charge in [-0.25, -0.2) is 0 Å². The van der Waals surface area contributed by atoms with Crippen LogP contribution in [0, 0.1) is 10.8 Å². The third-order valence-electron chi connectivity index (χ3n) is 7.90. The highest BCUT2D eigenvalue weighted by Crippen LogP contribution is 2.39. The lowest BCUT2D eigenvalue weighted by Crippen LogP contribution is -2.45. The van der Waals surface area contributed by atoms with Gasteiger partial charge in [-0.2, -0.15) is 0 Å². The van der Waals surface area contributed by atoms with Crippen LogP contribution in [0.15, 0.2) is 24.3 Å². The lowest BCUT2D eigenvalue weighted by molar-refractivity contribution is -0.143. The Morgan fingerprint density at radius 1 is 0.795 bits per heavy atom. The molecule has 0 bridgehead atoms. The molecular formula is C31H47N3O5. The van der Waals surface area contributed by atoms with Gasteiger partial charge in [0.2, 0.25) is 17.7 Å². The highest BCUT2D eigenvalue weighted by molar-refractivity contribution is 6.06. The normalized spacial score (nSPS) is 16.8. The van der Waals surface area contributed by atoms with Gasteiger partial charge in [0.15, 0.2) is 0 Å². The fraction of sp³-hybridized carbons (Fsp3) is 0.677. The van der Waals surface area contributed by atoms with E-state index >= 15 is 0 Å². The number of methoxy groups -OCH3 is 1. The SMILES string of the molecule is COC(=O)CC(C)(C)CC(C)(C)CC(=O)Nc1ccc(C(C(=O)NC2CCCC2)C(=O)NC2CCCC2)cc1. The standard InChI is InChI=1S/C31H47N3O5/c1-30(2,20-31(3,4)19-26(36)39-5)18-25(35)32-24-16-14-21(15-17-24)27(28(37)33-22-10-6-7-11-22)29(38)34-23-12-8-9-13-23/h14-17,22-23,27H,6-13,18-20H2,1-5H3,(H,32,35)(H,33,37)(H,34,38). The van der Waals surface area contributed by atoms with Crippen LogP contribution in [0.3, 0.4) is 0 Å². The zero-order valence-corrected chi connectivity index (χ0v) is 24.4. The summed E-state index contributed by atoms with van der Waals surface area (Å²) in [6.45, 7) is 8.05. The largest absolute Gasteiger partial charge is 0.469 e. The quantitative estimate of drug-likeness (QED) is 0.248. The monoisotopic (exact) mass is 541 g/mol. The van der Waals surface area contributed by atoms with Gasteiger partial charge in [-0.3, -0.25) is 19.2 Å². The number of ether oxygens (including phenoxy) is 1. The van der Waals surface area contributed by atoms with Crippen molar-refractivity contribution in [2.24, 2.45) is 10.8 Å². The second-order valence-corrected chi connectivity index (χ2v) is 13.0. The van der Waals surface area contributed by atoms with E-state index < -0.39 is 5.92 Å². The first-order chi connectivity index (χ1) is 18.4. The molecule has 0 unspecified atom stereocenters. The van der Waals surface area contributed by atoms with Crippen molar-refractivity contribution in [1.82, 2.24) is 10.6 Å². The number of carbonyl (C=O) groups is 4. The molecule has 216 valence electrons. The molecule has 39 heavy (non-hydrogen) atoms. The number of anilines is 1. The van der Waals surface area contributed by atoms with E-state index in [1.54, 1.807) is 24.3 Å². The van der Waals surface area contributed by atoms with Gasteiger partial charge < -0.3 is 20.7 Å². The fourth-order valence-corrected chi connectivity index (χ4v) is 6.41. The van der Waals surface area contributed by atoms with E-state index in [1.165, 1.54) is 7.11 Å². The molecule has 8 heteroatoms. The number of amides is 3. The molecule has 0 radical (unpaired) electrons. The molecule has 2 saturated carbocycles. The summed E-state index contributed by atoms with van der Waals surface area (Å²) >= 11 is 0. The molecule has 3 rings (SSSR count). The summed E-state index contributed by atoms with van der Waals surface area (Å²) in [6, 6.07) is 7.26. The number of hydrogen-bond donors (Lipinski definition) is 3. The molecule has 2 aliphatic carbocycles. The highest BCUT2D eigenvalue weighted by atomic mass is 16.5. The maximum Gasteiger partial charge on any atom is 0.306 e. The van der Waals surface area contributed by atoms with Crippen LogP contribution < -0.4 is 16.0 Å². The van der Waals surface area contributed by atoms with Gasteiger partial charge in [0, 0.05) is 24.2 Å². The minimum absolute atomic E-state index is 0.124. The van der Waals surface area contributed by atoms with E-state index in [-0.39, 0.29) is 53.0 Å². The number of esters is 1. The predicted octanol–water partition coefficient (Wildman–Crippen LogP) is 5.22. The van der Waals surface area contributed by atoms with Gasteiger partial charge in [0.05, 0.1) is 13.5 Å². The van der Waals surface area contributed by atoms with Crippen LogP contribution in [0.1, 0.15) is 110 Å². The summed E-state index contributed by atoms with van der Waals surface area (Å²) in [4.78, 5) is 51.2. The van der Waals surface area contributed by atoms with Crippen LogP contribution in [0.2, 0.25) is 0 Å². The molecule has 3 N–H and O–H groups in total. The first kappa shape index (κ1) is 30.6. The summed E-state index contributed by atoms with van der Waals surface area (Å²) in [7, 11) is 1.38. The maximum atomic E-state index is 13.3. The Hall–Kier alpha value is -2.90. The third kappa shape index (κ3) is 9.66. The van der Waals surface area contributed by atoms with E-state index in [9.17, 15) is 19.2 Å². The maximum absolute atomic E-state index is 13.3. The molecule has 0 atom stereocenters. The first-order valence-corrected chi connectivity index (χ1v) is 14.4. The number of carbonyl (C=O) groups excluding carboxylic acids is 4. The minimum Gasteiger partial charge on any atom is -0.469 e. The van der Waals surface area contributed by atoms with Crippen LogP contribution in [-0.4, -0.2) is 42.9 Å². The van der Waals surface area contributed by atoms with Gasteiger partial charge in [-0.1, -0.05) is 65.5 Å². The van der Waals surface area contributed by atoms with Crippen LogP contribution in [0.4, 0.5) is 5.69 Å². The first-order valence-electron chi connectivity index (χ1n) is 14.4. The molecule has 1 aromatic rings. The Bertz CT molecular complexity index is 976. The van der Waals surface area contributed by atoms with Crippen LogP contribution in [-0.2, 0) is 23.9 Å². The molecule has 1 aromatic carbocycles. The Morgan fingerprint density at radius 3 is 1.72 bits per heavy atom. The molecule has 0 saturated heterocycles. The molecular weight excluding hydrogens is 494 g/mol. The zero-order valence-electron chi connectivity index (χ0n) is 24.4. The summed E-state index contributed by atoms with van der Waals surface area (Å²) in [5.74, 6) is -1.83. The van der Waals surface area contributed by atoms with Crippen molar-refractivity contribution in [2.75, 3.05) is 12.4 Å². The molecule has 0 aromatic heterocycles. The van der Waals surface area contributed by atoms with Crippen LogP contribution >= 0.6 is 0 Å². The van der Waals surface area contributed by atoms with Gasteiger partial charge in [0.1, 0.15) is 5.92 Å². The van der Waals surface area contributed by atoms with Crippen molar-refractivity contribution in [3.05, 3.63) is 29.8 Å². The molecule has 0 heterocycles. The van der Waals surface area contributed by atoms with Crippen molar-refractivity contribution in [3.8, 4) is 0 Å². The van der Waals surface area contributed by atoms with Gasteiger partial charge in [0.25, 0.3) is 0 Å². The predicted molar refractivity (Wildman–Crippen MR) is 152 cm³/mol. The van der Waals surface area contributed by atoms with E-state index in [0.717, 1.165) is 51.4 Å². The van der Waals surface area contributed by atoms with Crippen molar-refractivity contribution in [3.63, 3.8) is 0 Å². The van der Waals surface area contributed by atoms with E-state index in [1.807, 2.05) is 27.7 Å². The van der Waals surface area contributed by atoms with E-state index in [4.69, 9.17) is 4.74 Å². The molecule has 3 amide bonds. The van der Waals surface area contributed by atoms with Gasteiger partial charge >= 0.3 is 5.97 Å². The molecule has 0 spiro atoms. The molecule has 2 fully saturated rings. The topological polar surface area (TPSA) is 114 Å². The van der Waals surface area contributed by atoms with Crippen molar-refractivity contribution in [1.29, 1.82) is 0 Å². The Balaban J connectivity index is 1.64. The molecule has 2 aliphatic rings. The Labute approximate surface area is 233 Å². The van der Waals surface area contributed by atoms with Gasteiger partial charge in [-0.15, -0.1) is 0 Å². The number of nitrogens with one attached hydrogen (secondary N) is 3. The smallest absolute Gasteiger partial charge is 0.306 e. The van der Waals surface area contributed by atoms with Crippen LogP contribution in [0.25, 0.3) is 0 Å². The summed E-state index contributed by atoms with van der Waals surface area (Å²) in [6.07, 6.45) is 9.43. The van der Waals surface area contributed by atoms with Crippen LogP contribution in [0.5, 0.6) is 0 Å². The molecule has 8 nitrogen and oxygen atoms in total. The van der Waals surface area contributed by atoms with E-state index in [2.05, 4.69) is 16.0 Å². The lowest BCUT2D eigenvalue weighted by Gasteiger charge is -2.34. The summed E-state index contributed by atoms with van der Waals surface area (Å²) in [5, 5.41) is 9.13. The summed E-state index contributed by atoms with van der Waals surface area (Å²) in [5.41, 5.74) is 0.595. The number of hydrogen-bond acceptors (Lipinski definition) is 5. The Morgan fingerprint density at radius 2 is 1.26 bits per heavy atom. The number of benzene rings is 1. The lowest BCUT2D eigenvalue weighted by atomic mass is 9.72. The highest BCUT2D eigenvalue weighted by Gasteiger charge is 2.34. The average molecular weight is 542 g/mol. The van der Waals surface area contributed by atoms with E-state index in [0.29, 0.717) is 24.1 Å². The minimum atomic E-state index is -0.924. The second kappa shape index (κ2) is 13.4.